The van der Waals surface area contributed by atoms with Crippen LogP contribution >= 0.6 is 11.6 Å². The van der Waals surface area contributed by atoms with Crippen molar-refractivity contribution in [2.75, 3.05) is 13.6 Å². The summed E-state index contributed by atoms with van der Waals surface area (Å²) in [6.07, 6.45) is 0.836. The smallest absolute Gasteiger partial charge is 0.137 e. The number of likely N-dealkylation sites (N-methyl/N-ethyl adjacent to an activating group) is 1. The summed E-state index contributed by atoms with van der Waals surface area (Å²) < 4.78 is 0. The van der Waals surface area contributed by atoms with Crippen LogP contribution in [0.5, 0.6) is 5.75 Å². The molecule has 1 aromatic carbocycles. The fourth-order valence-electron chi connectivity index (χ4n) is 1.16. The fraction of sp³-hybridized carbons (Fsp3) is 0.400. The number of benzene rings is 1. The zero-order valence-electron chi connectivity index (χ0n) is 7.89. The topological polar surface area (TPSA) is 32.3 Å². The van der Waals surface area contributed by atoms with E-state index < -0.39 is 0 Å². The van der Waals surface area contributed by atoms with Gasteiger partial charge < -0.3 is 10.4 Å². The van der Waals surface area contributed by atoms with Crippen LogP contribution in [0.15, 0.2) is 12.1 Å². The van der Waals surface area contributed by atoms with Gasteiger partial charge in [-0.3, -0.25) is 0 Å². The lowest BCUT2D eigenvalue weighted by atomic mass is 10.1. The Bertz CT molecular complexity index is 299. The summed E-state index contributed by atoms with van der Waals surface area (Å²) in [5.74, 6) is 0.204. The van der Waals surface area contributed by atoms with Gasteiger partial charge in [-0.2, -0.15) is 0 Å². The van der Waals surface area contributed by atoms with E-state index in [9.17, 15) is 5.11 Å². The lowest BCUT2D eigenvalue weighted by Gasteiger charge is -2.07. The van der Waals surface area contributed by atoms with Gasteiger partial charge in [-0.05, 0) is 38.1 Å². The summed E-state index contributed by atoms with van der Waals surface area (Å²) in [7, 11) is 1.89. The number of hydrogen-bond donors (Lipinski definition) is 2. The molecule has 0 atom stereocenters. The van der Waals surface area contributed by atoms with Gasteiger partial charge in [-0.1, -0.05) is 23.7 Å². The molecule has 0 spiro atoms. The maximum atomic E-state index is 9.53. The Morgan fingerprint density at radius 2 is 2.15 bits per heavy atom. The van der Waals surface area contributed by atoms with Gasteiger partial charge in [-0.25, -0.2) is 0 Å². The van der Waals surface area contributed by atoms with E-state index in [2.05, 4.69) is 5.32 Å². The van der Waals surface area contributed by atoms with E-state index >= 15 is 0 Å². The number of nitrogens with one attached hydrogen (secondary N) is 1. The first kappa shape index (κ1) is 10.4. The molecule has 0 radical (unpaired) electrons. The molecule has 0 aliphatic carbocycles. The van der Waals surface area contributed by atoms with Crippen molar-refractivity contribution >= 4 is 11.6 Å². The third-order valence-corrected chi connectivity index (χ3v) is 2.46. The van der Waals surface area contributed by atoms with E-state index in [1.54, 1.807) is 0 Å². The molecule has 0 fully saturated rings. The van der Waals surface area contributed by atoms with Crippen LogP contribution in [-0.4, -0.2) is 18.7 Å². The van der Waals surface area contributed by atoms with Crippen LogP contribution in [0, 0.1) is 6.92 Å². The highest BCUT2D eigenvalue weighted by Crippen LogP contribution is 2.30. The molecule has 0 aliphatic heterocycles. The van der Waals surface area contributed by atoms with Gasteiger partial charge in [0.2, 0.25) is 0 Å². The van der Waals surface area contributed by atoms with Crippen molar-refractivity contribution in [2.45, 2.75) is 13.3 Å². The molecular formula is C10H14ClNO. The first-order valence-electron chi connectivity index (χ1n) is 4.28. The Labute approximate surface area is 83.5 Å². The van der Waals surface area contributed by atoms with E-state index in [-0.39, 0.29) is 5.75 Å². The van der Waals surface area contributed by atoms with E-state index in [0.717, 1.165) is 24.1 Å². The zero-order chi connectivity index (χ0) is 9.84. The van der Waals surface area contributed by atoms with Crippen LogP contribution in [0.25, 0.3) is 0 Å². The molecule has 0 aromatic heterocycles. The predicted octanol–water partition coefficient (Wildman–Crippen LogP) is 2.12. The highest BCUT2D eigenvalue weighted by Gasteiger charge is 2.06. The van der Waals surface area contributed by atoms with E-state index in [0.29, 0.717) is 5.02 Å². The molecule has 0 heterocycles. The molecule has 0 saturated heterocycles. The molecule has 0 saturated carbocycles. The maximum absolute atomic E-state index is 9.53. The summed E-state index contributed by atoms with van der Waals surface area (Å²) in [6.45, 7) is 2.70. The summed E-state index contributed by atoms with van der Waals surface area (Å²) in [5.41, 5.74) is 1.80. The van der Waals surface area contributed by atoms with Crippen molar-refractivity contribution in [2.24, 2.45) is 0 Å². The largest absolute Gasteiger partial charge is 0.506 e. The van der Waals surface area contributed by atoms with Crippen LogP contribution in [0.1, 0.15) is 11.1 Å². The van der Waals surface area contributed by atoms with Gasteiger partial charge in [0.25, 0.3) is 0 Å². The molecular weight excluding hydrogens is 186 g/mol. The lowest BCUT2D eigenvalue weighted by molar-refractivity contribution is 0.470. The summed E-state index contributed by atoms with van der Waals surface area (Å²) in [6, 6.07) is 3.83. The molecule has 2 N–H and O–H groups in total. The molecule has 2 nitrogen and oxygen atoms in total. The van der Waals surface area contributed by atoms with Crippen LogP contribution in [0.2, 0.25) is 5.02 Å². The molecule has 0 aliphatic rings. The molecule has 0 amide bonds. The average molecular weight is 200 g/mol. The Morgan fingerprint density at radius 3 is 2.77 bits per heavy atom. The summed E-state index contributed by atoms with van der Waals surface area (Å²) >= 11 is 5.96. The zero-order valence-corrected chi connectivity index (χ0v) is 8.65. The van der Waals surface area contributed by atoms with Gasteiger partial charge in [0, 0.05) is 0 Å². The van der Waals surface area contributed by atoms with Crippen LogP contribution in [-0.2, 0) is 6.42 Å². The number of rotatable bonds is 3. The number of phenols is 1. The second kappa shape index (κ2) is 4.49. The Hall–Kier alpha value is -0.730. The van der Waals surface area contributed by atoms with Gasteiger partial charge in [-0.15, -0.1) is 0 Å². The van der Waals surface area contributed by atoms with Crippen LogP contribution in [0.4, 0.5) is 0 Å². The molecule has 0 bridgehead atoms. The van der Waals surface area contributed by atoms with Crippen molar-refractivity contribution in [3.8, 4) is 5.75 Å². The van der Waals surface area contributed by atoms with Gasteiger partial charge in [0.15, 0.2) is 0 Å². The number of aromatic hydroxyl groups is 1. The molecule has 72 valence electrons. The summed E-state index contributed by atoms with van der Waals surface area (Å²) in [5, 5.41) is 13.1. The van der Waals surface area contributed by atoms with Crippen molar-refractivity contribution < 1.29 is 5.11 Å². The van der Waals surface area contributed by atoms with E-state index in [1.807, 2.05) is 26.1 Å². The number of aryl methyl sites for hydroxylation is 1. The minimum absolute atomic E-state index is 0.204. The molecule has 1 aromatic rings. The second-order valence-corrected chi connectivity index (χ2v) is 3.44. The van der Waals surface area contributed by atoms with E-state index in [4.69, 9.17) is 11.6 Å². The second-order valence-electron chi connectivity index (χ2n) is 3.06. The SMILES string of the molecule is CNCCc1ccc(C)c(O)c1Cl. The number of phenolic OH excluding ortho intramolecular Hbond substituents is 1. The molecule has 0 unspecified atom stereocenters. The van der Waals surface area contributed by atoms with Crippen molar-refractivity contribution in [1.82, 2.24) is 5.32 Å². The highest BCUT2D eigenvalue weighted by molar-refractivity contribution is 6.32. The fourth-order valence-corrected chi connectivity index (χ4v) is 1.46. The number of hydrogen-bond acceptors (Lipinski definition) is 2. The minimum Gasteiger partial charge on any atom is -0.506 e. The first-order valence-corrected chi connectivity index (χ1v) is 4.66. The number of halogens is 1. The van der Waals surface area contributed by atoms with Crippen LogP contribution < -0.4 is 5.32 Å². The predicted molar refractivity (Wildman–Crippen MR) is 55.5 cm³/mol. The maximum Gasteiger partial charge on any atom is 0.137 e. The molecule has 3 heteroatoms. The highest BCUT2D eigenvalue weighted by atomic mass is 35.5. The van der Waals surface area contributed by atoms with Gasteiger partial charge in [0.05, 0.1) is 5.02 Å². The van der Waals surface area contributed by atoms with Crippen molar-refractivity contribution in [3.63, 3.8) is 0 Å². The minimum atomic E-state index is 0.204. The third-order valence-electron chi connectivity index (χ3n) is 2.04. The quantitative estimate of drug-likeness (QED) is 0.782. The monoisotopic (exact) mass is 199 g/mol. The molecule has 13 heavy (non-hydrogen) atoms. The Morgan fingerprint density at radius 1 is 1.46 bits per heavy atom. The lowest BCUT2D eigenvalue weighted by Crippen LogP contribution is -2.10. The average Bonchev–Trinajstić information content (AvgIpc) is 2.13. The van der Waals surface area contributed by atoms with E-state index in [1.165, 1.54) is 0 Å². The molecule has 1 rings (SSSR count). The van der Waals surface area contributed by atoms with Gasteiger partial charge in [0.1, 0.15) is 5.75 Å². The first-order chi connectivity index (χ1) is 6.16. The Balaban J connectivity index is 2.90. The van der Waals surface area contributed by atoms with Crippen molar-refractivity contribution in [3.05, 3.63) is 28.3 Å². The normalized spacial score (nSPS) is 10.4. The van der Waals surface area contributed by atoms with Crippen molar-refractivity contribution in [1.29, 1.82) is 0 Å². The Kier molecular flexibility index (Phi) is 3.58. The third kappa shape index (κ3) is 2.36. The van der Waals surface area contributed by atoms with Crippen LogP contribution in [0.3, 0.4) is 0 Å². The summed E-state index contributed by atoms with van der Waals surface area (Å²) in [4.78, 5) is 0. The standard InChI is InChI=1S/C10H14ClNO/c1-7-3-4-8(5-6-12-2)9(11)10(7)13/h3-4,12-13H,5-6H2,1-2H3. The van der Waals surface area contributed by atoms with Gasteiger partial charge >= 0.3 is 0 Å².